The summed E-state index contributed by atoms with van der Waals surface area (Å²) >= 11 is 0. The van der Waals surface area contributed by atoms with Gasteiger partial charge in [0.1, 0.15) is 17.7 Å². The van der Waals surface area contributed by atoms with Gasteiger partial charge in [-0.3, -0.25) is 14.5 Å². The molecule has 1 aromatic heterocycles. The number of aromatic nitrogens is 2. The van der Waals surface area contributed by atoms with Gasteiger partial charge in [0.15, 0.2) is 0 Å². The minimum Gasteiger partial charge on any atom is -0.339 e. The third kappa shape index (κ3) is 4.85. The summed E-state index contributed by atoms with van der Waals surface area (Å²) in [6.45, 7) is 5.76. The van der Waals surface area contributed by atoms with E-state index in [2.05, 4.69) is 5.32 Å². The Balaban J connectivity index is 1.66. The number of rotatable bonds is 5. The van der Waals surface area contributed by atoms with Gasteiger partial charge in [-0.2, -0.15) is 18.3 Å². The van der Waals surface area contributed by atoms with Gasteiger partial charge in [-0.25, -0.2) is 9.07 Å². The highest BCUT2D eigenvalue weighted by Crippen LogP contribution is 2.43. The van der Waals surface area contributed by atoms with E-state index in [0.717, 1.165) is 29.4 Å². The zero-order valence-corrected chi connectivity index (χ0v) is 22.0. The second kappa shape index (κ2) is 10.3. The van der Waals surface area contributed by atoms with Crippen LogP contribution in [0.2, 0.25) is 0 Å². The lowest BCUT2D eigenvalue weighted by atomic mass is 9.81. The molecule has 206 valence electrons. The summed E-state index contributed by atoms with van der Waals surface area (Å²) in [5.74, 6) is -2.02. The van der Waals surface area contributed by atoms with Crippen molar-refractivity contribution in [1.29, 1.82) is 0 Å². The number of amides is 2. The van der Waals surface area contributed by atoms with Gasteiger partial charge < -0.3 is 5.32 Å². The van der Waals surface area contributed by atoms with Crippen molar-refractivity contribution in [3.8, 4) is 5.69 Å². The molecule has 6 nitrogen and oxygen atoms in total. The zero-order valence-electron chi connectivity index (χ0n) is 22.0. The Labute approximate surface area is 228 Å². The van der Waals surface area contributed by atoms with Crippen LogP contribution in [0, 0.1) is 19.7 Å². The summed E-state index contributed by atoms with van der Waals surface area (Å²) in [5, 5.41) is 7.44. The summed E-state index contributed by atoms with van der Waals surface area (Å²) in [4.78, 5) is 28.8. The topological polar surface area (TPSA) is 67.2 Å². The molecule has 5 rings (SSSR count). The van der Waals surface area contributed by atoms with Gasteiger partial charge in [-0.1, -0.05) is 30.3 Å². The highest BCUT2D eigenvalue weighted by molar-refractivity contribution is 6.05. The lowest BCUT2D eigenvalue weighted by molar-refractivity contribution is -0.137. The van der Waals surface area contributed by atoms with Gasteiger partial charge in [0.25, 0.3) is 11.8 Å². The summed E-state index contributed by atoms with van der Waals surface area (Å²) < 4.78 is 55.5. The molecule has 1 aliphatic heterocycles. The molecule has 10 heteroatoms. The van der Waals surface area contributed by atoms with Gasteiger partial charge >= 0.3 is 6.18 Å². The average Bonchev–Trinajstić information content (AvgIpc) is 3.26. The zero-order chi connectivity index (χ0) is 28.8. The summed E-state index contributed by atoms with van der Waals surface area (Å²) in [6, 6.07) is 16.0. The molecule has 40 heavy (non-hydrogen) atoms. The van der Waals surface area contributed by atoms with E-state index in [9.17, 15) is 27.2 Å². The normalized spacial score (nSPS) is 17.1. The van der Waals surface area contributed by atoms with Crippen LogP contribution in [0.1, 0.15) is 51.1 Å². The monoisotopic (exact) mass is 550 g/mol. The SMILES string of the molecule is CCN1C(=O)[C@@H](NC(=O)c2cccc(C(F)(F)F)c2)[C@@H](c2ccc(F)cc2)c2c(C)nn(-c3cccc(C)c3)c21. The number of carbonyl (C=O) groups is 2. The molecule has 0 saturated carbocycles. The standard InChI is InChI=1S/C30H26F4N4O2/c1-4-37-28-24(18(3)36-38(28)23-10-5-7-17(2)15-23)25(19-11-13-22(31)14-12-19)26(29(37)40)35-27(39)20-8-6-9-21(16-20)30(32,33)34/h5-16,25-26H,4H2,1-3H3,(H,35,39)/t25-,26-/m0/s1. The van der Waals surface area contributed by atoms with Crippen molar-refractivity contribution < 1.29 is 27.2 Å². The Kier molecular flexibility index (Phi) is 6.95. The molecule has 0 radical (unpaired) electrons. The van der Waals surface area contributed by atoms with E-state index >= 15 is 0 Å². The fourth-order valence-electron chi connectivity index (χ4n) is 5.21. The van der Waals surface area contributed by atoms with E-state index in [0.29, 0.717) is 22.6 Å². The van der Waals surface area contributed by atoms with Gasteiger partial charge in [0, 0.05) is 23.6 Å². The molecule has 2 amide bonds. The molecule has 0 fully saturated rings. The fraction of sp³-hybridized carbons (Fsp3) is 0.233. The van der Waals surface area contributed by atoms with Crippen LogP contribution in [0.5, 0.6) is 0 Å². The van der Waals surface area contributed by atoms with Crippen LogP contribution in [0.4, 0.5) is 23.4 Å². The second-order valence-electron chi connectivity index (χ2n) is 9.71. The summed E-state index contributed by atoms with van der Waals surface area (Å²) in [6.07, 6.45) is -4.64. The fourth-order valence-corrected chi connectivity index (χ4v) is 5.21. The molecule has 2 atom stereocenters. The highest BCUT2D eigenvalue weighted by atomic mass is 19.4. The van der Waals surface area contributed by atoms with Crippen LogP contribution >= 0.6 is 0 Å². The van der Waals surface area contributed by atoms with Gasteiger partial charge in [-0.05, 0) is 74.4 Å². The van der Waals surface area contributed by atoms with Gasteiger partial charge in [0.2, 0.25) is 0 Å². The van der Waals surface area contributed by atoms with E-state index in [1.165, 1.54) is 35.2 Å². The van der Waals surface area contributed by atoms with Crippen molar-refractivity contribution in [3.05, 3.63) is 112 Å². The van der Waals surface area contributed by atoms with Crippen molar-refractivity contribution in [2.24, 2.45) is 0 Å². The number of fused-ring (bicyclic) bond motifs is 1. The third-order valence-electron chi connectivity index (χ3n) is 7.04. The Morgan fingerprint density at radius 3 is 2.35 bits per heavy atom. The Hall–Kier alpha value is -4.47. The second-order valence-corrected chi connectivity index (χ2v) is 9.71. The minimum atomic E-state index is -4.64. The number of nitrogens with one attached hydrogen (secondary N) is 1. The number of carbonyl (C=O) groups excluding carboxylic acids is 2. The van der Waals surface area contributed by atoms with Crippen molar-refractivity contribution in [2.75, 3.05) is 11.4 Å². The Morgan fingerprint density at radius 1 is 1.00 bits per heavy atom. The molecule has 0 spiro atoms. The van der Waals surface area contributed by atoms with Crippen molar-refractivity contribution in [2.45, 2.75) is 38.9 Å². The Bertz CT molecular complexity index is 1590. The largest absolute Gasteiger partial charge is 0.416 e. The molecular weight excluding hydrogens is 524 g/mol. The molecule has 3 aromatic carbocycles. The first-order valence-electron chi connectivity index (χ1n) is 12.7. The molecule has 0 unspecified atom stereocenters. The van der Waals surface area contributed by atoms with Crippen LogP contribution in [-0.4, -0.2) is 34.2 Å². The number of halogens is 4. The summed E-state index contributed by atoms with van der Waals surface area (Å²) in [5.41, 5.74) is 2.32. The average molecular weight is 551 g/mol. The first-order chi connectivity index (χ1) is 19.0. The number of nitrogens with zero attached hydrogens (tertiary/aromatic N) is 3. The Morgan fingerprint density at radius 2 is 1.70 bits per heavy atom. The van der Waals surface area contributed by atoms with Crippen LogP contribution in [0.15, 0.2) is 72.8 Å². The smallest absolute Gasteiger partial charge is 0.339 e. The minimum absolute atomic E-state index is 0.235. The molecular formula is C30H26F4N4O2. The molecule has 4 aromatic rings. The van der Waals surface area contributed by atoms with Crippen LogP contribution in [0.3, 0.4) is 0 Å². The highest BCUT2D eigenvalue weighted by Gasteiger charge is 2.45. The summed E-state index contributed by atoms with van der Waals surface area (Å²) in [7, 11) is 0. The number of likely N-dealkylation sites (N-methyl/N-ethyl adjacent to an activating group) is 1. The molecule has 0 bridgehead atoms. The quantitative estimate of drug-likeness (QED) is 0.313. The van der Waals surface area contributed by atoms with Crippen molar-refractivity contribution in [1.82, 2.24) is 15.1 Å². The number of hydrogen-bond acceptors (Lipinski definition) is 3. The predicted octanol–water partition coefficient (Wildman–Crippen LogP) is 5.94. The third-order valence-corrected chi connectivity index (χ3v) is 7.04. The van der Waals surface area contributed by atoms with E-state index in [1.807, 2.05) is 31.2 Å². The number of hydrogen-bond donors (Lipinski definition) is 1. The van der Waals surface area contributed by atoms with Crippen LogP contribution in [0.25, 0.3) is 5.69 Å². The number of alkyl halides is 3. The lowest BCUT2D eigenvalue weighted by Gasteiger charge is -2.38. The van der Waals surface area contributed by atoms with Crippen LogP contribution in [-0.2, 0) is 11.0 Å². The molecule has 1 N–H and O–H groups in total. The van der Waals surface area contributed by atoms with Gasteiger partial charge in [-0.15, -0.1) is 0 Å². The van der Waals surface area contributed by atoms with Crippen molar-refractivity contribution in [3.63, 3.8) is 0 Å². The lowest BCUT2D eigenvalue weighted by Crippen LogP contribution is -2.55. The first-order valence-corrected chi connectivity index (χ1v) is 12.7. The molecule has 0 aliphatic carbocycles. The first kappa shape index (κ1) is 27.1. The number of aryl methyl sites for hydroxylation is 2. The molecule has 2 heterocycles. The van der Waals surface area contributed by atoms with Crippen molar-refractivity contribution >= 4 is 17.6 Å². The van der Waals surface area contributed by atoms with E-state index in [-0.39, 0.29) is 12.1 Å². The maximum Gasteiger partial charge on any atom is 0.416 e. The van der Waals surface area contributed by atoms with E-state index in [4.69, 9.17) is 5.10 Å². The maximum atomic E-state index is 14.0. The molecule has 0 saturated heterocycles. The predicted molar refractivity (Wildman–Crippen MR) is 142 cm³/mol. The maximum absolute atomic E-state index is 14.0. The van der Waals surface area contributed by atoms with Crippen LogP contribution < -0.4 is 10.2 Å². The molecule has 1 aliphatic rings. The van der Waals surface area contributed by atoms with Gasteiger partial charge in [0.05, 0.1) is 16.9 Å². The van der Waals surface area contributed by atoms with E-state index < -0.39 is 41.3 Å². The van der Waals surface area contributed by atoms with E-state index in [1.54, 1.807) is 18.5 Å². The number of anilines is 1. The number of benzene rings is 3.